The van der Waals surface area contributed by atoms with E-state index in [1.807, 2.05) is 24.3 Å². The van der Waals surface area contributed by atoms with Crippen molar-refractivity contribution in [3.8, 4) is 11.8 Å². The lowest BCUT2D eigenvalue weighted by atomic mass is 10.2. The van der Waals surface area contributed by atoms with Crippen LogP contribution in [0.4, 0.5) is 0 Å². The van der Waals surface area contributed by atoms with Crippen LogP contribution in [-0.4, -0.2) is 29.9 Å². The molecule has 0 aliphatic heterocycles. The fourth-order valence-electron chi connectivity index (χ4n) is 1.95. The molecule has 3 rings (SSSR count). The number of aromatic nitrogens is 1. The van der Waals surface area contributed by atoms with Gasteiger partial charge in [0.05, 0.1) is 0 Å². The molecule has 0 saturated carbocycles. The van der Waals surface area contributed by atoms with E-state index < -0.39 is 0 Å². The van der Waals surface area contributed by atoms with Crippen molar-refractivity contribution in [1.29, 1.82) is 0 Å². The van der Waals surface area contributed by atoms with Gasteiger partial charge in [0.15, 0.2) is 5.58 Å². The van der Waals surface area contributed by atoms with Gasteiger partial charge in [-0.05, 0) is 30.3 Å². The van der Waals surface area contributed by atoms with Crippen molar-refractivity contribution in [2.75, 3.05) is 14.1 Å². The highest BCUT2D eigenvalue weighted by atomic mass is 16.6. The molecule has 5 heteroatoms. The van der Waals surface area contributed by atoms with Gasteiger partial charge in [-0.1, -0.05) is 18.2 Å². The number of nitrogens with zero attached hydrogens (tertiary/aromatic N) is 2. The van der Waals surface area contributed by atoms with Gasteiger partial charge in [0.1, 0.15) is 11.3 Å². The molecule has 106 valence electrons. The summed E-state index contributed by atoms with van der Waals surface area (Å²) in [6.45, 7) is 0. The van der Waals surface area contributed by atoms with Gasteiger partial charge >= 0.3 is 6.08 Å². The van der Waals surface area contributed by atoms with E-state index in [0.29, 0.717) is 16.9 Å². The monoisotopic (exact) mass is 282 g/mol. The minimum Gasteiger partial charge on any atom is -0.411 e. The lowest BCUT2D eigenvalue weighted by Gasteiger charge is -2.10. The highest BCUT2D eigenvalue weighted by Crippen LogP contribution is 2.25. The van der Waals surface area contributed by atoms with E-state index in [4.69, 9.17) is 9.15 Å². The number of ether oxygens (including phenoxy) is 1. The maximum absolute atomic E-state index is 11.9. The van der Waals surface area contributed by atoms with Crippen LogP contribution < -0.4 is 4.74 Å². The van der Waals surface area contributed by atoms with E-state index in [1.54, 1.807) is 38.4 Å². The summed E-state index contributed by atoms with van der Waals surface area (Å²) >= 11 is 0. The molecular formula is C16H14N2O3. The van der Waals surface area contributed by atoms with Crippen molar-refractivity contribution in [1.82, 2.24) is 9.88 Å². The Morgan fingerprint density at radius 1 is 1.14 bits per heavy atom. The topological polar surface area (TPSA) is 55.6 Å². The largest absolute Gasteiger partial charge is 0.411 e. The van der Waals surface area contributed by atoms with Gasteiger partial charge < -0.3 is 14.1 Å². The van der Waals surface area contributed by atoms with Crippen LogP contribution in [0.3, 0.4) is 0 Å². The van der Waals surface area contributed by atoms with Gasteiger partial charge in [-0.25, -0.2) is 0 Å². The standard InChI is InChI=1S/C16H14N2O3/c1-18(2)15(19)11-6-5-7-12(10-11)20-16-17-13-8-3-4-9-14(13)21-16/h3-10H,1-2H3. The number of amides is 1. The summed E-state index contributed by atoms with van der Waals surface area (Å²) in [5, 5.41) is 0. The number of carbonyl (C=O) groups is 1. The second-order valence-corrected chi connectivity index (χ2v) is 4.78. The van der Waals surface area contributed by atoms with Gasteiger partial charge in [-0.3, -0.25) is 4.79 Å². The number of benzene rings is 2. The van der Waals surface area contributed by atoms with Gasteiger partial charge in [-0.2, -0.15) is 4.98 Å². The van der Waals surface area contributed by atoms with Crippen molar-refractivity contribution in [3.63, 3.8) is 0 Å². The Hall–Kier alpha value is -2.82. The fourth-order valence-corrected chi connectivity index (χ4v) is 1.95. The smallest absolute Gasteiger partial charge is 0.400 e. The molecule has 5 nitrogen and oxygen atoms in total. The summed E-state index contributed by atoms with van der Waals surface area (Å²) in [7, 11) is 3.41. The number of rotatable bonds is 3. The van der Waals surface area contributed by atoms with Gasteiger partial charge in [0.2, 0.25) is 0 Å². The molecule has 0 N–H and O–H groups in total. The van der Waals surface area contributed by atoms with Gasteiger partial charge in [0.25, 0.3) is 5.91 Å². The Morgan fingerprint density at radius 2 is 1.95 bits per heavy atom. The molecule has 0 atom stereocenters. The van der Waals surface area contributed by atoms with Crippen molar-refractivity contribution < 1.29 is 13.9 Å². The third-order valence-electron chi connectivity index (χ3n) is 2.97. The first-order chi connectivity index (χ1) is 10.1. The van der Waals surface area contributed by atoms with E-state index in [2.05, 4.69) is 4.98 Å². The molecule has 0 saturated heterocycles. The number of hydrogen-bond acceptors (Lipinski definition) is 4. The van der Waals surface area contributed by atoms with E-state index in [1.165, 1.54) is 4.90 Å². The number of carbonyl (C=O) groups excluding carboxylic acids is 1. The molecule has 1 heterocycles. The van der Waals surface area contributed by atoms with Crippen LogP contribution in [0.15, 0.2) is 52.9 Å². The van der Waals surface area contributed by atoms with E-state index in [0.717, 1.165) is 5.52 Å². The van der Waals surface area contributed by atoms with E-state index in [-0.39, 0.29) is 12.0 Å². The zero-order valence-corrected chi connectivity index (χ0v) is 11.7. The average molecular weight is 282 g/mol. The Kier molecular flexibility index (Phi) is 3.31. The minimum atomic E-state index is -0.0852. The maximum atomic E-state index is 11.9. The molecule has 2 aromatic carbocycles. The highest BCUT2D eigenvalue weighted by molar-refractivity contribution is 5.94. The molecule has 0 aliphatic carbocycles. The molecule has 0 bridgehead atoms. The number of hydrogen-bond donors (Lipinski definition) is 0. The highest BCUT2D eigenvalue weighted by Gasteiger charge is 2.11. The maximum Gasteiger partial charge on any atom is 0.400 e. The predicted molar refractivity (Wildman–Crippen MR) is 78.5 cm³/mol. The number of oxazole rings is 1. The Labute approximate surface area is 121 Å². The zero-order valence-electron chi connectivity index (χ0n) is 11.7. The predicted octanol–water partition coefficient (Wildman–Crippen LogP) is 3.32. The SMILES string of the molecule is CN(C)C(=O)c1cccc(Oc2nc3ccccc3o2)c1. The van der Waals surface area contributed by atoms with Crippen molar-refractivity contribution >= 4 is 17.0 Å². The molecule has 0 fully saturated rings. The van der Waals surface area contributed by atoms with Gasteiger partial charge in [0, 0.05) is 19.7 Å². The van der Waals surface area contributed by atoms with Crippen LogP contribution in [0, 0.1) is 0 Å². The average Bonchev–Trinajstić information content (AvgIpc) is 2.88. The summed E-state index contributed by atoms with van der Waals surface area (Å²) < 4.78 is 11.1. The molecular weight excluding hydrogens is 268 g/mol. The molecule has 0 aliphatic rings. The third kappa shape index (κ3) is 2.72. The lowest BCUT2D eigenvalue weighted by molar-refractivity contribution is 0.0827. The summed E-state index contributed by atoms with van der Waals surface area (Å²) in [6, 6.07) is 14.3. The van der Waals surface area contributed by atoms with Crippen molar-refractivity contribution in [3.05, 3.63) is 54.1 Å². The molecule has 0 radical (unpaired) electrons. The Balaban J connectivity index is 1.87. The van der Waals surface area contributed by atoms with Crippen LogP contribution in [0.2, 0.25) is 0 Å². The first-order valence-corrected chi connectivity index (χ1v) is 6.48. The minimum absolute atomic E-state index is 0.0852. The van der Waals surface area contributed by atoms with Crippen molar-refractivity contribution in [2.24, 2.45) is 0 Å². The van der Waals surface area contributed by atoms with E-state index in [9.17, 15) is 4.79 Å². The van der Waals surface area contributed by atoms with Crippen LogP contribution in [-0.2, 0) is 0 Å². The summed E-state index contributed by atoms with van der Waals surface area (Å²) in [4.78, 5) is 17.7. The first kappa shape index (κ1) is 13.2. The second kappa shape index (κ2) is 5.28. The van der Waals surface area contributed by atoms with E-state index >= 15 is 0 Å². The summed E-state index contributed by atoms with van der Waals surface area (Å²) in [5.41, 5.74) is 1.94. The Morgan fingerprint density at radius 3 is 2.71 bits per heavy atom. The summed E-state index contributed by atoms with van der Waals surface area (Å²) in [6.07, 6.45) is 0.158. The zero-order chi connectivity index (χ0) is 14.8. The lowest BCUT2D eigenvalue weighted by Crippen LogP contribution is -2.21. The second-order valence-electron chi connectivity index (χ2n) is 4.78. The number of fused-ring (bicyclic) bond motifs is 1. The normalized spacial score (nSPS) is 10.6. The van der Waals surface area contributed by atoms with Crippen LogP contribution in [0.25, 0.3) is 11.1 Å². The first-order valence-electron chi connectivity index (χ1n) is 6.48. The van der Waals surface area contributed by atoms with Crippen LogP contribution >= 0.6 is 0 Å². The van der Waals surface area contributed by atoms with Crippen molar-refractivity contribution in [2.45, 2.75) is 0 Å². The fraction of sp³-hybridized carbons (Fsp3) is 0.125. The van der Waals surface area contributed by atoms with Crippen LogP contribution in [0.1, 0.15) is 10.4 Å². The molecule has 3 aromatic rings. The molecule has 0 unspecified atom stereocenters. The number of para-hydroxylation sites is 2. The summed E-state index contributed by atoms with van der Waals surface area (Å²) in [5.74, 6) is 0.423. The molecule has 21 heavy (non-hydrogen) atoms. The Bertz CT molecular complexity index is 760. The molecule has 1 aromatic heterocycles. The van der Waals surface area contributed by atoms with Gasteiger partial charge in [-0.15, -0.1) is 0 Å². The molecule has 0 spiro atoms. The third-order valence-corrected chi connectivity index (χ3v) is 2.97. The molecule has 1 amide bonds. The quantitative estimate of drug-likeness (QED) is 0.739. The van der Waals surface area contributed by atoms with Crippen LogP contribution in [0.5, 0.6) is 11.8 Å².